The molecule has 0 amide bonds. The van der Waals surface area contributed by atoms with Gasteiger partial charge in [-0.2, -0.15) is 0 Å². The van der Waals surface area contributed by atoms with Crippen molar-refractivity contribution in [1.82, 2.24) is 0 Å². The zero-order chi connectivity index (χ0) is 21.1. The Hall–Kier alpha value is -1.89. The molecular weight excluding hydrogens is 340 g/mol. The van der Waals surface area contributed by atoms with Crippen molar-refractivity contribution in [2.24, 2.45) is 0 Å². The SMILES string of the molecule is CCC(C)(C)c1ccc(C(C)(C)C)c(CCc2cc(C=O)cc(C(C)C)c2)c1. The van der Waals surface area contributed by atoms with E-state index in [1.165, 1.54) is 27.8 Å². The first-order valence-electron chi connectivity index (χ1n) is 10.7. The summed E-state index contributed by atoms with van der Waals surface area (Å²) in [6.07, 6.45) is 4.06. The maximum Gasteiger partial charge on any atom is 0.150 e. The zero-order valence-corrected chi connectivity index (χ0v) is 19.1. The monoisotopic (exact) mass is 378 g/mol. The van der Waals surface area contributed by atoms with E-state index in [-0.39, 0.29) is 10.8 Å². The Kier molecular flexibility index (Phi) is 6.91. The third kappa shape index (κ3) is 5.34. The van der Waals surface area contributed by atoms with Crippen LogP contribution in [0.5, 0.6) is 0 Å². The molecule has 0 spiro atoms. The van der Waals surface area contributed by atoms with Crippen LogP contribution in [-0.4, -0.2) is 6.29 Å². The average molecular weight is 379 g/mol. The molecule has 152 valence electrons. The summed E-state index contributed by atoms with van der Waals surface area (Å²) in [7, 11) is 0. The highest BCUT2D eigenvalue weighted by atomic mass is 16.1. The molecule has 0 heterocycles. The molecule has 0 aromatic heterocycles. The normalized spacial score (nSPS) is 12.5. The van der Waals surface area contributed by atoms with Crippen molar-refractivity contribution >= 4 is 6.29 Å². The van der Waals surface area contributed by atoms with E-state index in [1.807, 2.05) is 6.07 Å². The van der Waals surface area contributed by atoms with Crippen LogP contribution in [0.15, 0.2) is 36.4 Å². The lowest BCUT2D eigenvalue weighted by molar-refractivity contribution is 0.112. The van der Waals surface area contributed by atoms with Crippen molar-refractivity contribution in [1.29, 1.82) is 0 Å². The maximum absolute atomic E-state index is 11.4. The fourth-order valence-corrected chi connectivity index (χ4v) is 3.73. The number of carbonyl (C=O) groups is 1. The summed E-state index contributed by atoms with van der Waals surface area (Å²) >= 11 is 0. The van der Waals surface area contributed by atoms with Crippen LogP contribution >= 0.6 is 0 Å². The first-order chi connectivity index (χ1) is 13.0. The molecule has 0 N–H and O–H groups in total. The van der Waals surface area contributed by atoms with Gasteiger partial charge in [0.1, 0.15) is 6.29 Å². The molecule has 0 fully saturated rings. The maximum atomic E-state index is 11.4. The van der Waals surface area contributed by atoms with Crippen LogP contribution < -0.4 is 0 Å². The third-order valence-electron chi connectivity index (χ3n) is 6.10. The molecule has 2 aromatic carbocycles. The van der Waals surface area contributed by atoms with Gasteiger partial charge < -0.3 is 0 Å². The van der Waals surface area contributed by atoms with Gasteiger partial charge in [-0.05, 0) is 76.0 Å². The smallest absolute Gasteiger partial charge is 0.150 e. The number of benzene rings is 2. The summed E-state index contributed by atoms with van der Waals surface area (Å²) in [5.41, 5.74) is 7.89. The number of aryl methyl sites for hydroxylation is 2. The molecular formula is C27H38O. The highest BCUT2D eigenvalue weighted by Crippen LogP contribution is 2.33. The van der Waals surface area contributed by atoms with Gasteiger partial charge >= 0.3 is 0 Å². The molecule has 0 saturated heterocycles. The van der Waals surface area contributed by atoms with Gasteiger partial charge in [-0.3, -0.25) is 4.79 Å². The highest BCUT2D eigenvalue weighted by Gasteiger charge is 2.23. The van der Waals surface area contributed by atoms with Crippen molar-refractivity contribution in [3.63, 3.8) is 0 Å². The number of hydrogen-bond acceptors (Lipinski definition) is 1. The van der Waals surface area contributed by atoms with Gasteiger partial charge in [0.05, 0.1) is 0 Å². The summed E-state index contributed by atoms with van der Waals surface area (Å²) in [5.74, 6) is 0.428. The molecule has 0 aliphatic rings. The molecule has 0 saturated carbocycles. The van der Waals surface area contributed by atoms with E-state index < -0.39 is 0 Å². The molecule has 0 aliphatic heterocycles. The van der Waals surface area contributed by atoms with Crippen molar-refractivity contribution in [2.75, 3.05) is 0 Å². The molecule has 0 aliphatic carbocycles. The molecule has 0 radical (unpaired) electrons. The highest BCUT2D eigenvalue weighted by molar-refractivity contribution is 5.75. The summed E-state index contributed by atoms with van der Waals surface area (Å²) in [6, 6.07) is 13.4. The van der Waals surface area contributed by atoms with E-state index >= 15 is 0 Å². The average Bonchev–Trinajstić information content (AvgIpc) is 2.64. The predicted octanol–water partition coefficient (Wildman–Crippen LogP) is 7.39. The van der Waals surface area contributed by atoms with Crippen molar-refractivity contribution in [3.05, 3.63) is 69.8 Å². The fourth-order valence-electron chi connectivity index (χ4n) is 3.73. The number of rotatable bonds is 7. The second-order valence-corrected chi connectivity index (χ2v) is 10.1. The van der Waals surface area contributed by atoms with E-state index in [9.17, 15) is 4.79 Å². The van der Waals surface area contributed by atoms with E-state index in [4.69, 9.17) is 0 Å². The summed E-state index contributed by atoms with van der Waals surface area (Å²) < 4.78 is 0. The number of carbonyl (C=O) groups excluding carboxylic acids is 1. The Balaban J connectivity index is 2.40. The van der Waals surface area contributed by atoms with Crippen molar-refractivity contribution in [3.8, 4) is 0 Å². The van der Waals surface area contributed by atoms with Crippen LogP contribution in [0.25, 0.3) is 0 Å². The Morgan fingerprint density at radius 1 is 0.929 bits per heavy atom. The van der Waals surface area contributed by atoms with Crippen LogP contribution in [0.2, 0.25) is 0 Å². The standard InChI is InChI=1S/C27H38O/c1-9-27(7,8)24-12-13-25(26(4,5)6)22(17-24)11-10-20-14-21(18-28)16-23(15-20)19(2)3/h12-19H,9-11H2,1-8H3. The van der Waals surface area contributed by atoms with Gasteiger partial charge in [-0.25, -0.2) is 0 Å². The Labute approximate surface area is 172 Å². The molecule has 0 bridgehead atoms. The van der Waals surface area contributed by atoms with E-state index in [0.717, 1.165) is 31.1 Å². The summed E-state index contributed by atoms with van der Waals surface area (Å²) in [4.78, 5) is 11.4. The summed E-state index contributed by atoms with van der Waals surface area (Å²) in [5, 5.41) is 0. The molecule has 1 heteroatoms. The lowest BCUT2D eigenvalue weighted by Gasteiger charge is -2.28. The summed E-state index contributed by atoms with van der Waals surface area (Å²) in [6.45, 7) is 18.1. The zero-order valence-electron chi connectivity index (χ0n) is 19.1. The number of aldehydes is 1. The Morgan fingerprint density at radius 3 is 2.14 bits per heavy atom. The molecule has 1 nitrogen and oxygen atoms in total. The Morgan fingerprint density at radius 2 is 1.61 bits per heavy atom. The van der Waals surface area contributed by atoms with E-state index in [0.29, 0.717) is 5.92 Å². The first-order valence-corrected chi connectivity index (χ1v) is 10.7. The van der Waals surface area contributed by atoms with Crippen LogP contribution in [0.4, 0.5) is 0 Å². The van der Waals surface area contributed by atoms with E-state index in [2.05, 4.69) is 85.7 Å². The minimum Gasteiger partial charge on any atom is -0.298 e. The minimum atomic E-state index is 0.123. The van der Waals surface area contributed by atoms with E-state index in [1.54, 1.807) is 0 Å². The first kappa shape index (κ1) is 22.4. The van der Waals surface area contributed by atoms with Crippen LogP contribution in [0, 0.1) is 0 Å². The third-order valence-corrected chi connectivity index (χ3v) is 6.10. The van der Waals surface area contributed by atoms with Gasteiger partial charge in [0.15, 0.2) is 0 Å². The van der Waals surface area contributed by atoms with Gasteiger partial charge in [0, 0.05) is 5.56 Å². The van der Waals surface area contributed by atoms with Gasteiger partial charge in [-0.1, -0.05) is 79.7 Å². The van der Waals surface area contributed by atoms with Crippen LogP contribution in [0.1, 0.15) is 106 Å². The predicted molar refractivity (Wildman–Crippen MR) is 122 cm³/mol. The fraction of sp³-hybridized carbons (Fsp3) is 0.519. The van der Waals surface area contributed by atoms with Crippen LogP contribution in [0.3, 0.4) is 0 Å². The van der Waals surface area contributed by atoms with Gasteiger partial charge in [0.2, 0.25) is 0 Å². The van der Waals surface area contributed by atoms with Crippen molar-refractivity contribution in [2.45, 2.75) is 91.4 Å². The second-order valence-electron chi connectivity index (χ2n) is 10.1. The quantitative estimate of drug-likeness (QED) is 0.459. The number of hydrogen-bond donors (Lipinski definition) is 0. The van der Waals surface area contributed by atoms with Gasteiger partial charge in [-0.15, -0.1) is 0 Å². The minimum absolute atomic E-state index is 0.123. The molecule has 2 aromatic rings. The lowest BCUT2D eigenvalue weighted by Crippen LogP contribution is -2.19. The van der Waals surface area contributed by atoms with Gasteiger partial charge in [0.25, 0.3) is 0 Å². The molecule has 28 heavy (non-hydrogen) atoms. The molecule has 0 atom stereocenters. The van der Waals surface area contributed by atoms with Crippen LogP contribution in [-0.2, 0) is 23.7 Å². The largest absolute Gasteiger partial charge is 0.298 e. The lowest BCUT2D eigenvalue weighted by atomic mass is 9.76. The molecule has 0 unspecified atom stereocenters. The topological polar surface area (TPSA) is 17.1 Å². The molecule has 2 rings (SSSR count). The van der Waals surface area contributed by atoms with Crippen molar-refractivity contribution < 1.29 is 4.79 Å². The Bertz CT molecular complexity index is 819. The second kappa shape index (κ2) is 8.64.